The second kappa shape index (κ2) is 8.42. The van der Waals surface area contributed by atoms with Gasteiger partial charge in [-0.15, -0.1) is 0 Å². The molecule has 7 heteroatoms. The second-order valence-electron chi connectivity index (χ2n) is 7.33. The maximum absolute atomic E-state index is 13.1. The Hall–Kier alpha value is -1.96. The SMILES string of the molecule is CCOc1ccc(CC2(O)C(c3ccccc3)C(=O)C(CO)C(O)C2(O)Cl)cc1. The molecule has 5 unspecified atom stereocenters. The van der Waals surface area contributed by atoms with Crippen LogP contribution in [0.25, 0.3) is 0 Å². The van der Waals surface area contributed by atoms with Gasteiger partial charge in [0.25, 0.3) is 0 Å². The number of aliphatic hydroxyl groups excluding tert-OH is 2. The number of rotatable bonds is 6. The third-order valence-electron chi connectivity index (χ3n) is 5.55. The van der Waals surface area contributed by atoms with Gasteiger partial charge >= 0.3 is 0 Å². The molecule has 2 aromatic rings. The normalized spacial score (nSPS) is 32.2. The van der Waals surface area contributed by atoms with Gasteiger partial charge in [-0.25, -0.2) is 0 Å². The summed E-state index contributed by atoms with van der Waals surface area (Å²) in [4.78, 5) is 13.1. The minimum absolute atomic E-state index is 0.195. The van der Waals surface area contributed by atoms with Crippen LogP contribution in [-0.4, -0.2) is 56.2 Å². The minimum Gasteiger partial charge on any atom is -0.494 e. The lowest BCUT2D eigenvalue weighted by molar-refractivity contribution is -0.206. The van der Waals surface area contributed by atoms with Crippen molar-refractivity contribution in [1.82, 2.24) is 0 Å². The largest absolute Gasteiger partial charge is 0.494 e. The smallest absolute Gasteiger partial charge is 0.195 e. The lowest BCUT2D eigenvalue weighted by Gasteiger charge is -2.52. The first kappa shape index (κ1) is 21.7. The van der Waals surface area contributed by atoms with Crippen molar-refractivity contribution in [2.24, 2.45) is 5.92 Å². The van der Waals surface area contributed by atoms with E-state index in [9.17, 15) is 25.2 Å². The number of carbonyl (C=O) groups excluding carboxylic acids is 1. The molecule has 0 heterocycles. The molecular weight excluding hydrogens is 396 g/mol. The summed E-state index contributed by atoms with van der Waals surface area (Å²) in [6.07, 6.45) is -2.03. The zero-order chi connectivity index (χ0) is 21.2. The van der Waals surface area contributed by atoms with Gasteiger partial charge in [-0.05, 0) is 30.2 Å². The molecular formula is C22H25ClO6. The summed E-state index contributed by atoms with van der Waals surface area (Å²) >= 11 is 6.31. The average molecular weight is 421 g/mol. The standard InChI is InChI=1S/C22H25ClO6/c1-2-29-16-10-8-14(9-11-16)12-21(27)18(15-6-4-3-5-7-15)19(25)17(13-24)20(26)22(21,23)28/h3-11,17-18,20,24,26-28H,2,12-13H2,1H3. The van der Waals surface area contributed by atoms with Crippen LogP contribution in [-0.2, 0) is 11.2 Å². The van der Waals surface area contributed by atoms with E-state index in [4.69, 9.17) is 16.3 Å². The molecule has 1 saturated carbocycles. The minimum atomic E-state index is -2.56. The Bertz CT molecular complexity index is 838. The summed E-state index contributed by atoms with van der Waals surface area (Å²) in [6.45, 7) is 1.67. The van der Waals surface area contributed by atoms with Crippen molar-refractivity contribution in [3.8, 4) is 5.75 Å². The van der Waals surface area contributed by atoms with Crippen molar-refractivity contribution < 1.29 is 30.0 Å². The van der Waals surface area contributed by atoms with E-state index in [-0.39, 0.29) is 6.42 Å². The van der Waals surface area contributed by atoms with E-state index in [0.29, 0.717) is 23.5 Å². The van der Waals surface area contributed by atoms with Crippen LogP contribution in [0.3, 0.4) is 0 Å². The van der Waals surface area contributed by atoms with E-state index >= 15 is 0 Å². The van der Waals surface area contributed by atoms with Crippen LogP contribution in [0.4, 0.5) is 0 Å². The van der Waals surface area contributed by atoms with Crippen molar-refractivity contribution >= 4 is 17.4 Å². The maximum atomic E-state index is 13.1. The Kier molecular flexibility index (Phi) is 6.31. The Balaban J connectivity index is 2.08. The first-order chi connectivity index (χ1) is 13.8. The average Bonchev–Trinajstić information content (AvgIpc) is 2.70. The quantitative estimate of drug-likeness (QED) is 0.529. The molecule has 5 atom stereocenters. The predicted molar refractivity (Wildman–Crippen MR) is 108 cm³/mol. The molecule has 0 aromatic heterocycles. The van der Waals surface area contributed by atoms with Crippen molar-refractivity contribution in [2.45, 2.75) is 36.0 Å². The predicted octanol–water partition coefficient (Wildman–Crippen LogP) is 1.62. The van der Waals surface area contributed by atoms with Gasteiger partial charge in [0.2, 0.25) is 0 Å². The number of benzene rings is 2. The number of hydrogen-bond acceptors (Lipinski definition) is 6. The summed E-state index contributed by atoms with van der Waals surface area (Å²) in [5.41, 5.74) is -1.18. The molecule has 6 nitrogen and oxygen atoms in total. The fraction of sp³-hybridized carbons (Fsp3) is 0.409. The summed E-state index contributed by atoms with van der Waals surface area (Å²) in [6, 6.07) is 15.3. The van der Waals surface area contributed by atoms with Gasteiger partial charge in [0, 0.05) is 6.42 Å². The zero-order valence-corrected chi connectivity index (χ0v) is 16.8. The van der Waals surface area contributed by atoms with E-state index in [1.54, 1.807) is 54.6 Å². The number of carbonyl (C=O) groups is 1. The second-order valence-corrected chi connectivity index (χ2v) is 7.91. The number of ketones is 1. The summed E-state index contributed by atoms with van der Waals surface area (Å²) < 4.78 is 5.41. The highest BCUT2D eigenvalue weighted by atomic mass is 35.5. The fourth-order valence-electron chi connectivity index (χ4n) is 4.01. The van der Waals surface area contributed by atoms with E-state index in [2.05, 4.69) is 0 Å². The molecule has 0 bridgehead atoms. The van der Waals surface area contributed by atoms with Gasteiger partial charge in [0.05, 0.1) is 25.0 Å². The first-order valence-corrected chi connectivity index (χ1v) is 9.87. The van der Waals surface area contributed by atoms with Crippen molar-refractivity contribution in [1.29, 1.82) is 0 Å². The van der Waals surface area contributed by atoms with Crippen LogP contribution in [0.5, 0.6) is 5.75 Å². The summed E-state index contributed by atoms with van der Waals surface area (Å²) in [5.74, 6) is -2.49. The van der Waals surface area contributed by atoms with Crippen molar-refractivity contribution in [2.75, 3.05) is 13.2 Å². The van der Waals surface area contributed by atoms with E-state index in [1.807, 2.05) is 6.92 Å². The first-order valence-electron chi connectivity index (χ1n) is 9.49. The third kappa shape index (κ3) is 3.79. The van der Waals surface area contributed by atoms with Gasteiger partial charge < -0.3 is 25.2 Å². The molecule has 0 saturated heterocycles. The molecule has 0 radical (unpaired) electrons. The molecule has 156 valence electrons. The Morgan fingerprint density at radius 3 is 2.24 bits per heavy atom. The number of ether oxygens (including phenoxy) is 1. The van der Waals surface area contributed by atoms with Gasteiger partial charge in [-0.1, -0.05) is 54.1 Å². The highest BCUT2D eigenvalue weighted by Gasteiger charge is 2.66. The van der Waals surface area contributed by atoms with Crippen LogP contribution in [0, 0.1) is 5.92 Å². The lowest BCUT2D eigenvalue weighted by atomic mass is 9.62. The number of Topliss-reactive ketones (excluding diaryl/α,β-unsaturated/α-hetero) is 1. The van der Waals surface area contributed by atoms with Gasteiger partial charge in [0.15, 0.2) is 10.8 Å². The fourth-order valence-corrected chi connectivity index (χ4v) is 4.34. The maximum Gasteiger partial charge on any atom is 0.195 e. The van der Waals surface area contributed by atoms with Crippen LogP contribution in [0.15, 0.2) is 54.6 Å². The third-order valence-corrected chi connectivity index (χ3v) is 6.10. The van der Waals surface area contributed by atoms with Crippen LogP contribution in [0.2, 0.25) is 0 Å². The van der Waals surface area contributed by atoms with Crippen molar-refractivity contribution in [3.63, 3.8) is 0 Å². The van der Waals surface area contributed by atoms with E-state index < -0.39 is 41.0 Å². The Morgan fingerprint density at radius 2 is 1.69 bits per heavy atom. The van der Waals surface area contributed by atoms with E-state index in [0.717, 1.165) is 0 Å². The molecule has 1 fully saturated rings. The summed E-state index contributed by atoms with van der Waals surface area (Å²) in [5, 5.41) is 40.2. The van der Waals surface area contributed by atoms with Crippen LogP contribution < -0.4 is 4.74 Å². The van der Waals surface area contributed by atoms with Crippen molar-refractivity contribution in [3.05, 3.63) is 65.7 Å². The number of hydrogen-bond donors (Lipinski definition) is 4. The number of halogens is 1. The lowest BCUT2D eigenvalue weighted by Crippen LogP contribution is -2.70. The highest BCUT2D eigenvalue weighted by Crippen LogP contribution is 2.50. The highest BCUT2D eigenvalue weighted by molar-refractivity contribution is 6.25. The van der Waals surface area contributed by atoms with Gasteiger partial charge in [0.1, 0.15) is 17.5 Å². The molecule has 4 N–H and O–H groups in total. The van der Waals surface area contributed by atoms with Gasteiger partial charge in [-0.3, -0.25) is 4.79 Å². The molecule has 1 aliphatic carbocycles. The van der Waals surface area contributed by atoms with Crippen LogP contribution >= 0.6 is 11.6 Å². The number of alkyl halides is 1. The van der Waals surface area contributed by atoms with E-state index in [1.165, 1.54) is 0 Å². The topological polar surface area (TPSA) is 107 Å². The van der Waals surface area contributed by atoms with Gasteiger partial charge in [-0.2, -0.15) is 0 Å². The zero-order valence-electron chi connectivity index (χ0n) is 16.0. The molecule has 0 spiro atoms. The number of aliphatic hydroxyl groups is 4. The Morgan fingerprint density at radius 1 is 1.07 bits per heavy atom. The van der Waals surface area contributed by atoms with Crippen LogP contribution in [0.1, 0.15) is 24.0 Å². The molecule has 1 aliphatic rings. The molecule has 3 rings (SSSR count). The summed E-state index contributed by atoms with van der Waals surface area (Å²) in [7, 11) is 0. The molecule has 2 aromatic carbocycles. The molecule has 0 amide bonds. The molecule has 0 aliphatic heterocycles. The monoisotopic (exact) mass is 420 g/mol. The Labute approximate surface area is 174 Å². The molecule has 29 heavy (non-hydrogen) atoms.